The number of thiazole rings is 1. The Morgan fingerprint density at radius 3 is 2.66 bits per heavy atom. The summed E-state index contributed by atoms with van der Waals surface area (Å²) < 4.78 is 36.9. The predicted octanol–water partition coefficient (Wildman–Crippen LogP) is 5.71. The molecule has 1 atom stereocenters. The maximum atomic E-state index is 13.7. The van der Waals surface area contributed by atoms with Gasteiger partial charge in [-0.05, 0) is 56.2 Å². The van der Waals surface area contributed by atoms with Gasteiger partial charge in [-0.25, -0.2) is 4.98 Å². The number of benzene rings is 2. The van der Waals surface area contributed by atoms with E-state index in [1.54, 1.807) is 19.9 Å². The first kappa shape index (κ1) is 20.2. The molecule has 0 amide bonds. The minimum absolute atomic E-state index is 0.169. The van der Waals surface area contributed by atoms with Gasteiger partial charge < -0.3 is 23.8 Å². The molecule has 1 unspecified atom stereocenters. The number of nitrogens with zero attached hydrogens (tertiary/aromatic N) is 1. The van der Waals surface area contributed by atoms with Gasteiger partial charge in [0.2, 0.25) is 6.79 Å². The largest absolute Gasteiger partial charge is 0.454 e. The quantitative estimate of drug-likeness (QED) is 0.455. The van der Waals surface area contributed by atoms with Crippen LogP contribution in [-0.2, 0) is 13.6 Å². The zero-order valence-corrected chi connectivity index (χ0v) is 18.2. The Morgan fingerprint density at radius 1 is 1.14 bits per heavy atom. The topological polar surface area (TPSA) is 78.9 Å². The molecule has 0 spiro atoms. The Bertz CT molecular complexity index is 1060. The highest BCUT2D eigenvalue weighted by atomic mass is 32.1. The normalized spacial score (nSPS) is 14.3. The fraction of sp³-hybridized carbons (Fsp3) is 0.350. The van der Waals surface area contributed by atoms with Crippen molar-refractivity contribution >= 4 is 34.3 Å². The Kier molecular flexibility index (Phi) is 5.79. The van der Waals surface area contributed by atoms with Gasteiger partial charge in [-0.2, -0.15) is 0 Å². The second-order valence-electron chi connectivity index (χ2n) is 6.53. The maximum absolute atomic E-state index is 13.7. The van der Waals surface area contributed by atoms with Crippen LogP contribution in [0.25, 0.3) is 10.2 Å². The van der Waals surface area contributed by atoms with E-state index in [4.69, 9.17) is 18.5 Å². The fourth-order valence-electron chi connectivity index (χ4n) is 3.18. The number of rotatable bonds is 8. The molecule has 154 valence electrons. The molecule has 3 aromatic rings. The average Bonchev–Trinajstić information content (AvgIpc) is 3.31. The van der Waals surface area contributed by atoms with Gasteiger partial charge in [0.25, 0.3) is 0 Å². The second-order valence-corrected chi connectivity index (χ2v) is 9.67. The van der Waals surface area contributed by atoms with Gasteiger partial charge in [0.1, 0.15) is 0 Å². The zero-order valence-electron chi connectivity index (χ0n) is 16.5. The summed E-state index contributed by atoms with van der Waals surface area (Å²) in [6, 6.07) is 11.5. The molecule has 0 radical (unpaired) electrons. The molecule has 2 heterocycles. The van der Waals surface area contributed by atoms with Crippen LogP contribution in [0.4, 0.5) is 5.13 Å². The van der Waals surface area contributed by atoms with Gasteiger partial charge >= 0.3 is 7.60 Å². The summed E-state index contributed by atoms with van der Waals surface area (Å²) in [5.74, 6) is 0.526. The Hall–Kier alpha value is -2.12. The van der Waals surface area contributed by atoms with E-state index in [1.807, 2.05) is 31.2 Å². The molecule has 1 aliphatic heterocycles. The van der Waals surface area contributed by atoms with Crippen molar-refractivity contribution in [1.82, 2.24) is 4.98 Å². The van der Waals surface area contributed by atoms with Crippen LogP contribution in [0, 0.1) is 6.92 Å². The van der Waals surface area contributed by atoms with E-state index < -0.39 is 13.4 Å². The highest BCUT2D eigenvalue weighted by Gasteiger charge is 2.38. The van der Waals surface area contributed by atoms with Gasteiger partial charge in [0.15, 0.2) is 22.4 Å². The van der Waals surface area contributed by atoms with E-state index >= 15 is 0 Å². The van der Waals surface area contributed by atoms with Gasteiger partial charge in [-0.3, -0.25) is 4.57 Å². The second kappa shape index (κ2) is 8.32. The van der Waals surface area contributed by atoms with Gasteiger partial charge in [0.05, 0.1) is 23.4 Å². The summed E-state index contributed by atoms with van der Waals surface area (Å²) in [7, 11) is -3.54. The first-order chi connectivity index (χ1) is 14.0. The lowest BCUT2D eigenvalue weighted by Crippen LogP contribution is -2.15. The van der Waals surface area contributed by atoms with E-state index in [9.17, 15) is 4.57 Å². The number of aromatic nitrogens is 1. The van der Waals surface area contributed by atoms with E-state index in [0.717, 1.165) is 21.3 Å². The van der Waals surface area contributed by atoms with E-state index in [1.165, 1.54) is 11.3 Å². The van der Waals surface area contributed by atoms with Crippen LogP contribution in [0.5, 0.6) is 11.5 Å². The van der Waals surface area contributed by atoms with E-state index in [2.05, 4.69) is 16.4 Å². The monoisotopic (exact) mass is 434 g/mol. The Balaban J connectivity index is 1.75. The number of aryl methyl sites for hydroxylation is 1. The van der Waals surface area contributed by atoms with Crippen LogP contribution < -0.4 is 14.8 Å². The molecule has 0 aliphatic carbocycles. The lowest BCUT2D eigenvalue weighted by molar-refractivity contribution is 0.174. The van der Waals surface area contributed by atoms with Crippen molar-refractivity contribution in [3.8, 4) is 11.5 Å². The molecule has 1 aliphatic rings. The highest BCUT2D eigenvalue weighted by Crippen LogP contribution is 2.61. The van der Waals surface area contributed by atoms with Crippen LogP contribution >= 0.6 is 18.9 Å². The van der Waals surface area contributed by atoms with Gasteiger partial charge in [-0.15, -0.1) is 0 Å². The summed E-state index contributed by atoms with van der Waals surface area (Å²) in [4.78, 5) is 4.64. The van der Waals surface area contributed by atoms with Crippen molar-refractivity contribution in [2.75, 3.05) is 25.3 Å². The number of hydrogen-bond donors (Lipinski definition) is 1. The molecule has 4 rings (SSSR count). The zero-order chi connectivity index (χ0) is 20.4. The number of ether oxygens (including phenoxy) is 2. The number of anilines is 1. The summed E-state index contributed by atoms with van der Waals surface area (Å²) in [5.41, 5.74) is 2.76. The van der Waals surface area contributed by atoms with Crippen molar-refractivity contribution in [2.24, 2.45) is 0 Å². The molecule has 0 fully saturated rings. The number of hydrogen-bond acceptors (Lipinski definition) is 8. The molecule has 0 bridgehead atoms. The third kappa shape index (κ3) is 4.12. The lowest BCUT2D eigenvalue weighted by atomic mass is 10.2. The molecular formula is C20H23N2O5PS. The minimum atomic E-state index is -3.54. The van der Waals surface area contributed by atoms with Crippen LogP contribution in [0.2, 0.25) is 0 Å². The smallest absolute Gasteiger partial charge is 0.357 e. The molecule has 29 heavy (non-hydrogen) atoms. The van der Waals surface area contributed by atoms with Gasteiger partial charge in [-0.1, -0.05) is 23.5 Å². The SMILES string of the molecule is CCOP(=O)(OCC)C(Nc1nc2ccc(C)cc2s1)c1ccc2c(c1)OCO2. The Morgan fingerprint density at radius 2 is 1.90 bits per heavy atom. The predicted molar refractivity (Wildman–Crippen MR) is 114 cm³/mol. The maximum Gasteiger partial charge on any atom is 0.357 e. The fourth-order valence-corrected chi connectivity index (χ4v) is 6.16. The molecule has 9 heteroatoms. The number of fused-ring (bicyclic) bond motifs is 2. The molecule has 2 aromatic carbocycles. The first-order valence-corrected chi connectivity index (χ1v) is 11.9. The summed E-state index contributed by atoms with van der Waals surface area (Å²) in [6.45, 7) is 6.33. The molecule has 7 nitrogen and oxygen atoms in total. The lowest BCUT2D eigenvalue weighted by Gasteiger charge is -2.27. The summed E-state index contributed by atoms with van der Waals surface area (Å²) in [5, 5.41) is 3.95. The van der Waals surface area contributed by atoms with Crippen LogP contribution in [0.1, 0.15) is 30.8 Å². The van der Waals surface area contributed by atoms with Crippen molar-refractivity contribution in [1.29, 1.82) is 0 Å². The molecular weight excluding hydrogens is 411 g/mol. The van der Waals surface area contributed by atoms with Crippen molar-refractivity contribution in [3.63, 3.8) is 0 Å². The number of nitrogens with one attached hydrogen (secondary N) is 1. The summed E-state index contributed by atoms with van der Waals surface area (Å²) >= 11 is 1.50. The van der Waals surface area contributed by atoms with Crippen molar-refractivity contribution in [2.45, 2.75) is 26.6 Å². The standard InChI is InChI=1S/C20H23N2O5PS/c1-4-26-28(23,27-5-2)19(14-7-9-16-17(11-14)25-12-24-16)22-20-21-15-8-6-13(3)10-18(15)29-20/h6-11,19H,4-5,12H2,1-3H3,(H,21,22). The van der Waals surface area contributed by atoms with E-state index in [-0.39, 0.29) is 20.0 Å². The first-order valence-electron chi connectivity index (χ1n) is 9.44. The molecule has 0 saturated heterocycles. The molecule has 0 saturated carbocycles. The molecule has 1 N–H and O–H groups in total. The minimum Gasteiger partial charge on any atom is -0.454 e. The Labute approximate surface area is 173 Å². The third-order valence-corrected chi connectivity index (χ3v) is 7.70. The molecule has 1 aromatic heterocycles. The third-order valence-electron chi connectivity index (χ3n) is 4.45. The highest BCUT2D eigenvalue weighted by molar-refractivity contribution is 7.54. The van der Waals surface area contributed by atoms with Crippen LogP contribution in [0.15, 0.2) is 36.4 Å². The van der Waals surface area contributed by atoms with Crippen molar-refractivity contribution < 1.29 is 23.1 Å². The van der Waals surface area contributed by atoms with Crippen LogP contribution in [0.3, 0.4) is 0 Å². The summed E-state index contributed by atoms with van der Waals surface area (Å²) in [6.07, 6.45) is 0. The average molecular weight is 434 g/mol. The van der Waals surface area contributed by atoms with Crippen molar-refractivity contribution in [3.05, 3.63) is 47.5 Å². The van der Waals surface area contributed by atoms with Gasteiger partial charge in [0, 0.05) is 0 Å². The van der Waals surface area contributed by atoms with Crippen LogP contribution in [-0.4, -0.2) is 25.0 Å². The van der Waals surface area contributed by atoms with E-state index in [0.29, 0.717) is 16.6 Å².